The zero-order chi connectivity index (χ0) is 32.5. The van der Waals surface area contributed by atoms with Crippen LogP contribution in [0.25, 0.3) is 66.9 Å². The summed E-state index contributed by atoms with van der Waals surface area (Å²) in [6.07, 6.45) is 0. The van der Waals surface area contributed by atoms with Crippen LogP contribution in [0.2, 0.25) is 0 Å². The highest BCUT2D eigenvalue weighted by Gasteiger charge is 2.36. The van der Waals surface area contributed by atoms with Crippen molar-refractivity contribution >= 4 is 33.3 Å². The van der Waals surface area contributed by atoms with Gasteiger partial charge in [0.05, 0.1) is 17.3 Å². The molecular weight excluding hydrogens is 599 g/mol. The van der Waals surface area contributed by atoms with Gasteiger partial charge in [0.1, 0.15) is 22.7 Å². The quantitative estimate of drug-likeness (QED) is 0.195. The summed E-state index contributed by atoms with van der Waals surface area (Å²) in [5, 5.41) is 4.49. The van der Waals surface area contributed by atoms with E-state index < -0.39 is 0 Å². The molecule has 230 valence electrons. The van der Waals surface area contributed by atoms with E-state index in [1.54, 1.807) is 0 Å². The summed E-state index contributed by atoms with van der Waals surface area (Å²) in [5.74, 6) is 1.87. The highest BCUT2D eigenvalue weighted by molar-refractivity contribution is 6.09. The highest BCUT2D eigenvalue weighted by atomic mass is 16.5. The van der Waals surface area contributed by atoms with Gasteiger partial charge in [-0.25, -0.2) is 4.98 Å². The smallest absolute Gasteiger partial charge is 0.143 e. The molecule has 0 radical (unpaired) electrons. The first-order valence-electron chi connectivity index (χ1n) is 16.6. The van der Waals surface area contributed by atoms with Crippen molar-refractivity contribution in [1.82, 2.24) is 4.98 Å². The maximum absolute atomic E-state index is 6.46. The van der Waals surface area contributed by atoms with Gasteiger partial charge in [0, 0.05) is 38.2 Å². The van der Waals surface area contributed by atoms with Crippen LogP contribution in [0.15, 0.2) is 174 Å². The minimum Gasteiger partial charge on any atom is -0.460 e. The molecular formula is C46H29NO2. The van der Waals surface area contributed by atoms with Crippen LogP contribution in [0, 0.1) is 0 Å². The molecule has 0 amide bonds. The molecule has 6 aromatic carbocycles. The minimum atomic E-state index is -0.00601. The molecule has 0 saturated carbocycles. The number of hydrogen-bond donors (Lipinski definition) is 0. The average Bonchev–Trinajstić information content (AvgIpc) is 3.75. The topological polar surface area (TPSA) is 35.3 Å². The Hall–Kier alpha value is -6.45. The molecule has 3 nitrogen and oxygen atoms in total. The zero-order valence-corrected chi connectivity index (χ0v) is 26.6. The summed E-state index contributed by atoms with van der Waals surface area (Å²) >= 11 is 0. The van der Waals surface area contributed by atoms with Crippen molar-refractivity contribution in [1.29, 1.82) is 0 Å². The largest absolute Gasteiger partial charge is 0.460 e. The van der Waals surface area contributed by atoms with E-state index in [0.717, 1.165) is 94.2 Å². The first-order valence-corrected chi connectivity index (χ1v) is 16.6. The van der Waals surface area contributed by atoms with Gasteiger partial charge < -0.3 is 9.15 Å². The first kappa shape index (κ1) is 27.6. The Morgan fingerprint density at radius 2 is 1.18 bits per heavy atom. The second-order valence-electron chi connectivity index (χ2n) is 12.7. The molecule has 0 N–H and O–H groups in total. The van der Waals surface area contributed by atoms with E-state index in [2.05, 4.69) is 134 Å². The summed E-state index contributed by atoms with van der Waals surface area (Å²) in [7, 11) is 0. The van der Waals surface area contributed by atoms with Crippen molar-refractivity contribution in [3.05, 3.63) is 191 Å². The van der Waals surface area contributed by atoms with E-state index in [0.29, 0.717) is 0 Å². The molecule has 3 heteroatoms. The Morgan fingerprint density at radius 3 is 2.02 bits per heavy atom. The molecule has 10 rings (SSSR count). The van der Waals surface area contributed by atoms with Crippen molar-refractivity contribution < 1.29 is 9.15 Å². The van der Waals surface area contributed by atoms with Crippen LogP contribution >= 0.6 is 0 Å². The van der Waals surface area contributed by atoms with Crippen LogP contribution in [0.4, 0.5) is 0 Å². The maximum Gasteiger partial charge on any atom is 0.143 e. The summed E-state index contributed by atoms with van der Waals surface area (Å²) in [6.45, 7) is 4.66. The summed E-state index contributed by atoms with van der Waals surface area (Å²) in [5.41, 5.74) is 12.3. The molecule has 1 unspecified atom stereocenters. The lowest BCUT2D eigenvalue weighted by molar-refractivity contribution is 0.515. The molecule has 2 aliphatic rings. The van der Waals surface area contributed by atoms with Gasteiger partial charge in [-0.2, -0.15) is 0 Å². The third-order valence-corrected chi connectivity index (χ3v) is 9.92. The first-order chi connectivity index (χ1) is 24.2. The third-order valence-electron chi connectivity index (χ3n) is 9.92. The Balaban J connectivity index is 1.12. The fourth-order valence-electron chi connectivity index (χ4n) is 7.63. The number of furan rings is 1. The van der Waals surface area contributed by atoms with Gasteiger partial charge in [0.2, 0.25) is 0 Å². The summed E-state index contributed by atoms with van der Waals surface area (Å²) in [4.78, 5) is 5.21. The molecule has 3 heterocycles. The van der Waals surface area contributed by atoms with Crippen molar-refractivity contribution in [3.63, 3.8) is 0 Å². The Bertz CT molecular complexity index is 2750. The van der Waals surface area contributed by atoms with Gasteiger partial charge in [-0.1, -0.05) is 140 Å². The number of rotatable bonds is 4. The van der Waals surface area contributed by atoms with Crippen molar-refractivity contribution in [2.45, 2.75) is 5.92 Å². The number of ether oxygens (including phenoxy) is 1. The molecule has 0 bridgehead atoms. The van der Waals surface area contributed by atoms with Crippen LogP contribution in [0.3, 0.4) is 0 Å². The Labute approximate surface area is 283 Å². The van der Waals surface area contributed by atoms with Crippen LogP contribution in [-0.2, 0) is 0 Å². The maximum atomic E-state index is 6.46. The SMILES string of the molecule is C=C1C(c2ccc(-c3cc(-c4cccc5c4oc4ccccc45)cc(-c4ccccc4)n3)cc2)=c2ccccc2=C2Oc3ccccc3C12. The van der Waals surface area contributed by atoms with Gasteiger partial charge in [0.15, 0.2) is 0 Å². The van der Waals surface area contributed by atoms with Crippen molar-refractivity contribution in [2.75, 3.05) is 0 Å². The summed E-state index contributed by atoms with van der Waals surface area (Å²) < 4.78 is 12.9. The van der Waals surface area contributed by atoms with Gasteiger partial charge in [-0.3, -0.25) is 0 Å². The second kappa shape index (κ2) is 10.8. The van der Waals surface area contributed by atoms with E-state index >= 15 is 0 Å². The summed E-state index contributed by atoms with van der Waals surface area (Å²) in [6, 6.07) is 54.9. The number of fused-ring (bicyclic) bond motifs is 7. The molecule has 8 aromatic rings. The van der Waals surface area contributed by atoms with Crippen LogP contribution < -0.4 is 15.2 Å². The predicted octanol–water partition coefficient (Wildman–Crippen LogP) is 10.0. The van der Waals surface area contributed by atoms with Crippen LogP contribution in [0.5, 0.6) is 5.75 Å². The Kier molecular flexibility index (Phi) is 6.09. The van der Waals surface area contributed by atoms with E-state index in [9.17, 15) is 0 Å². The number of nitrogens with zero attached hydrogens (tertiary/aromatic N) is 1. The van der Waals surface area contributed by atoms with E-state index in [1.807, 2.05) is 30.3 Å². The molecule has 0 spiro atoms. The van der Waals surface area contributed by atoms with E-state index in [4.69, 9.17) is 14.1 Å². The van der Waals surface area contributed by atoms with Gasteiger partial charge in [-0.15, -0.1) is 0 Å². The van der Waals surface area contributed by atoms with Gasteiger partial charge in [0.25, 0.3) is 0 Å². The molecule has 0 saturated heterocycles. The fraction of sp³-hybridized carbons (Fsp3) is 0.0217. The van der Waals surface area contributed by atoms with Crippen molar-refractivity contribution in [3.8, 4) is 39.4 Å². The molecule has 1 aliphatic carbocycles. The molecule has 1 atom stereocenters. The van der Waals surface area contributed by atoms with Gasteiger partial charge in [-0.05, 0) is 51.8 Å². The third kappa shape index (κ3) is 4.33. The minimum absolute atomic E-state index is 0.00601. The van der Waals surface area contributed by atoms with Crippen molar-refractivity contribution in [2.24, 2.45) is 0 Å². The number of para-hydroxylation sites is 3. The normalized spacial score (nSPS) is 14.9. The molecule has 2 aromatic heterocycles. The fourth-order valence-corrected chi connectivity index (χ4v) is 7.63. The zero-order valence-electron chi connectivity index (χ0n) is 26.6. The monoisotopic (exact) mass is 627 g/mol. The van der Waals surface area contributed by atoms with E-state index in [-0.39, 0.29) is 5.92 Å². The molecule has 49 heavy (non-hydrogen) atoms. The Morgan fingerprint density at radius 1 is 0.531 bits per heavy atom. The van der Waals surface area contributed by atoms with Crippen LogP contribution in [0.1, 0.15) is 17.0 Å². The predicted molar refractivity (Wildman–Crippen MR) is 198 cm³/mol. The number of hydrogen-bond acceptors (Lipinski definition) is 3. The molecule has 0 fully saturated rings. The standard InChI is InChI=1S/C46H29NO2/c1-28-43(35-15-5-6-16-37(35)46-44(28)38-17-8-10-21-42(38)49-46)31-24-22-30(23-25-31)40-27-32(26-39(47-40)29-12-3-2-4-13-29)33-18-11-19-36-34-14-7-9-20-41(34)48-45(33)36/h2-27,44H,1H2. The number of aromatic nitrogens is 1. The lowest BCUT2D eigenvalue weighted by atomic mass is 9.79. The van der Waals surface area contributed by atoms with Gasteiger partial charge >= 0.3 is 0 Å². The average molecular weight is 628 g/mol. The lowest BCUT2D eigenvalue weighted by Gasteiger charge is -2.23. The second-order valence-corrected chi connectivity index (χ2v) is 12.7. The lowest BCUT2D eigenvalue weighted by Crippen LogP contribution is -2.36. The van der Waals surface area contributed by atoms with E-state index in [1.165, 1.54) is 5.56 Å². The number of pyridine rings is 1. The highest BCUT2D eigenvalue weighted by Crippen LogP contribution is 2.48. The molecule has 1 aliphatic heterocycles. The number of benzene rings is 6. The van der Waals surface area contributed by atoms with Crippen LogP contribution in [-0.4, -0.2) is 4.98 Å².